The zero-order chi connectivity index (χ0) is 14.5. The number of carboxylic acids is 1. The Morgan fingerprint density at radius 2 is 1.85 bits per heavy atom. The van der Waals surface area contributed by atoms with Crippen LogP contribution in [0.25, 0.3) is 0 Å². The fourth-order valence-corrected chi connectivity index (χ4v) is 1.63. The number of anilines is 1. The zero-order valence-electron chi connectivity index (χ0n) is 10.3. The predicted octanol–water partition coefficient (Wildman–Crippen LogP) is 2.11. The molecule has 0 amide bonds. The summed E-state index contributed by atoms with van der Waals surface area (Å²) in [6, 6.07) is 6.11. The zero-order valence-corrected chi connectivity index (χ0v) is 10.3. The molecule has 0 saturated heterocycles. The highest BCUT2D eigenvalue weighted by Gasteiger charge is 2.05. The molecule has 7 heteroatoms. The molecule has 5 nitrogen and oxygen atoms in total. The molecule has 0 spiro atoms. The van der Waals surface area contributed by atoms with E-state index in [0.717, 1.165) is 6.07 Å². The molecule has 0 unspecified atom stereocenters. The Hall–Kier alpha value is -2.57. The summed E-state index contributed by atoms with van der Waals surface area (Å²) in [5.41, 5.74) is 0.368. The van der Waals surface area contributed by atoms with Gasteiger partial charge in [-0.15, -0.1) is 10.2 Å². The lowest BCUT2D eigenvalue weighted by Gasteiger charge is -2.05. The molecule has 2 aromatic rings. The van der Waals surface area contributed by atoms with Crippen LogP contribution in [0.1, 0.15) is 16.1 Å². The summed E-state index contributed by atoms with van der Waals surface area (Å²) in [7, 11) is 0. The lowest BCUT2D eigenvalue weighted by atomic mass is 10.1. The maximum Gasteiger partial charge on any atom is 0.356 e. The molecule has 1 aromatic heterocycles. The van der Waals surface area contributed by atoms with Crippen LogP contribution in [0, 0.1) is 11.6 Å². The van der Waals surface area contributed by atoms with Crippen LogP contribution >= 0.6 is 0 Å². The smallest absolute Gasteiger partial charge is 0.356 e. The summed E-state index contributed by atoms with van der Waals surface area (Å²) in [5, 5.41) is 18.7. The second-order valence-electron chi connectivity index (χ2n) is 4.06. The number of aromatic nitrogens is 2. The summed E-state index contributed by atoms with van der Waals surface area (Å²) in [5.74, 6) is -2.00. The number of benzene rings is 1. The summed E-state index contributed by atoms with van der Waals surface area (Å²) in [6.45, 7) is 0.393. The van der Waals surface area contributed by atoms with Crippen molar-refractivity contribution in [3.05, 3.63) is 53.2 Å². The molecule has 0 aliphatic heterocycles. The molecule has 20 heavy (non-hydrogen) atoms. The third-order valence-electron chi connectivity index (χ3n) is 2.53. The molecule has 104 valence electrons. The number of nitrogens with one attached hydrogen (secondary N) is 1. The largest absolute Gasteiger partial charge is 0.476 e. The highest BCUT2D eigenvalue weighted by molar-refractivity contribution is 5.85. The number of hydrogen-bond donors (Lipinski definition) is 2. The predicted molar refractivity (Wildman–Crippen MR) is 67.5 cm³/mol. The second kappa shape index (κ2) is 6.05. The molecule has 0 aliphatic rings. The Bertz CT molecular complexity index is 597. The number of carboxylic acid groups (broad SMARTS) is 1. The van der Waals surface area contributed by atoms with E-state index in [0.29, 0.717) is 24.3 Å². The van der Waals surface area contributed by atoms with Crippen LogP contribution in [-0.4, -0.2) is 27.8 Å². The number of rotatable bonds is 5. The fourth-order valence-electron chi connectivity index (χ4n) is 1.63. The van der Waals surface area contributed by atoms with Crippen molar-refractivity contribution >= 4 is 11.8 Å². The first-order chi connectivity index (χ1) is 9.54. The monoisotopic (exact) mass is 279 g/mol. The minimum Gasteiger partial charge on any atom is -0.476 e. The molecule has 0 aliphatic carbocycles. The standard InChI is InChI=1S/C13H11F2N3O2/c14-9-5-8(6-10(15)7-9)3-4-16-12-2-1-11(13(19)20)17-18-12/h1-2,5-7H,3-4H2,(H,16,18)(H,19,20). The number of hydrogen-bond acceptors (Lipinski definition) is 4. The Labute approximate surface area is 113 Å². The molecule has 2 rings (SSSR count). The maximum absolute atomic E-state index is 13.0. The number of nitrogens with zero attached hydrogens (tertiary/aromatic N) is 2. The van der Waals surface area contributed by atoms with Crippen molar-refractivity contribution in [2.45, 2.75) is 6.42 Å². The lowest BCUT2D eigenvalue weighted by Crippen LogP contribution is -2.09. The molecule has 1 heterocycles. The van der Waals surface area contributed by atoms with Gasteiger partial charge in [-0.3, -0.25) is 0 Å². The average molecular weight is 279 g/mol. The molecule has 0 bridgehead atoms. The highest BCUT2D eigenvalue weighted by Crippen LogP contribution is 2.09. The van der Waals surface area contributed by atoms with Crippen molar-refractivity contribution in [3.63, 3.8) is 0 Å². The topological polar surface area (TPSA) is 75.1 Å². The first-order valence-electron chi connectivity index (χ1n) is 5.80. The normalized spacial score (nSPS) is 10.3. The minimum atomic E-state index is -1.15. The van der Waals surface area contributed by atoms with Gasteiger partial charge in [-0.2, -0.15) is 0 Å². The van der Waals surface area contributed by atoms with E-state index in [-0.39, 0.29) is 5.69 Å². The van der Waals surface area contributed by atoms with Crippen molar-refractivity contribution in [2.75, 3.05) is 11.9 Å². The van der Waals surface area contributed by atoms with Gasteiger partial charge in [0.25, 0.3) is 0 Å². The van der Waals surface area contributed by atoms with Gasteiger partial charge in [0.05, 0.1) is 0 Å². The number of carbonyl (C=O) groups is 1. The Morgan fingerprint density at radius 3 is 2.40 bits per heavy atom. The van der Waals surface area contributed by atoms with Crippen LogP contribution in [0.3, 0.4) is 0 Å². The Balaban J connectivity index is 1.90. The highest BCUT2D eigenvalue weighted by atomic mass is 19.1. The van der Waals surface area contributed by atoms with Gasteiger partial charge in [-0.25, -0.2) is 13.6 Å². The van der Waals surface area contributed by atoms with Crippen LogP contribution in [0.5, 0.6) is 0 Å². The Kier molecular flexibility index (Phi) is 4.19. The SMILES string of the molecule is O=C(O)c1ccc(NCCc2cc(F)cc(F)c2)nn1. The van der Waals surface area contributed by atoms with Gasteiger partial charge in [-0.1, -0.05) is 0 Å². The maximum atomic E-state index is 13.0. The van der Waals surface area contributed by atoms with Crippen molar-refractivity contribution in [1.29, 1.82) is 0 Å². The Morgan fingerprint density at radius 1 is 1.15 bits per heavy atom. The van der Waals surface area contributed by atoms with E-state index in [1.54, 1.807) is 0 Å². The van der Waals surface area contributed by atoms with E-state index in [4.69, 9.17) is 5.11 Å². The van der Waals surface area contributed by atoms with Crippen LogP contribution in [0.2, 0.25) is 0 Å². The lowest BCUT2D eigenvalue weighted by molar-refractivity contribution is 0.0689. The number of halogens is 2. The van der Waals surface area contributed by atoms with Gasteiger partial charge >= 0.3 is 5.97 Å². The van der Waals surface area contributed by atoms with Gasteiger partial charge in [0.15, 0.2) is 5.69 Å². The van der Waals surface area contributed by atoms with Crippen molar-refractivity contribution in [3.8, 4) is 0 Å². The van der Waals surface area contributed by atoms with E-state index in [2.05, 4.69) is 15.5 Å². The fraction of sp³-hybridized carbons (Fsp3) is 0.154. The van der Waals surface area contributed by atoms with Gasteiger partial charge in [0.2, 0.25) is 0 Å². The average Bonchev–Trinajstić information content (AvgIpc) is 2.38. The van der Waals surface area contributed by atoms with Crippen molar-refractivity contribution < 1.29 is 18.7 Å². The first-order valence-corrected chi connectivity index (χ1v) is 5.80. The van der Waals surface area contributed by atoms with E-state index in [9.17, 15) is 13.6 Å². The minimum absolute atomic E-state index is 0.150. The molecule has 0 radical (unpaired) electrons. The summed E-state index contributed by atoms with van der Waals surface area (Å²) in [4.78, 5) is 10.6. The van der Waals surface area contributed by atoms with Crippen LogP contribution < -0.4 is 5.32 Å². The second-order valence-corrected chi connectivity index (χ2v) is 4.06. The van der Waals surface area contributed by atoms with Crippen LogP contribution in [0.15, 0.2) is 30.3 Å². The summed E-state index contributed by atoms with van der Waals surface area (Å²) in [6.07, 6.45) is 0.400. The molecular weight excluding hydrogens is 268 g/mol. The van der Waals surface area contributed by atoms with Gasteiger partial charge in [0.1, 0.15) is 17.5 Å². The third kappa shape index (κ3) is 3.71. The van der Waals surface area contributed by atoms with Gasteiger partial charge < -0.3 is 10.4 Å². The summed E-state index contributed by atoms with van der Waals surface area (Å²) < 4.78 is 25.9. The van der Waals surface area contributed by atoms with Crippen molar-refractivity contribution in [2.24, 2.45) is 0 Å². The molecule has 0 atom stereocenters. The van der Waals surface area contributed by atoms with Crippen molar-refractivity contribution in [1.82, 2.24) is 10.2 Å². The van der Waals surface area contributed by atoms with E-state index in [1.165, 1.54) is 24.3 Å². The quantitative estimate of drug-likeness (QED) is 0.876. The molecule has 0 fully saturated rings. The molecule has 2 N–H and O–H groups in total. The number of aromatic carboxylic acids is 1. The van der Waals surface area contributed by atoms with E-state index >= 15 is 0 Å². The molecule has 1 aromatic carbocycles. The molecule has 0 saturated carbocycles. The van der Waals surface area contributed by atoms with Gasteiger partial charge in [0, 0.05) is 12.6 Å². The van der Waals surface area contributed by atoms with E-state index in [1.807, 2.05) is 0 Å². The van der Waals surface area contributed by atoms with Crippen LogP contribution in [0.4, 0.5) is 14.6 Å². The summed E-state index contributed by atoms with van der Waals surface area (Å²) >= 11 is 0. The molecular formula is C13H11F2N3O2. The first kappa shape index (κ1) is 13.9. The van der Waals surface area contributed by atoms with Gasteiger partial charge in [-0.05, 0) is 36.2 Å². The van der Waals surface area contributed by atoms with E-state index < -0.39 is 17.6 Å². The third-order valence-corrected chi connectivity index (χ3v) is 2.53. The van der Waals surface area contributed by atoms with Crippen LogP contribution in [-0.2, 0) is 6.42 Å².